The molecule has 0 bridgehead atoms. The van der Waals surface area contributed by atoms with E-state index in [0.717, 1.165) is 37.0 Å². The fraction of sp³-hybridized carbons (Fsp3) is 0.643. The van der Waals surface area contributed by atoms with E-state index in [-0.39, 0.29) is 24.1 Å². The molecule has 0 saturated carbocycles. The summed E-state index contributed by atoms with van der Waals surface area (Å²) < 4.78 is 28.0. The minimum Gasteiger partial charge on any atom is -0.464 e. The summed E-state index contributed by atoms with van der Waals surface area (Å²) in [6.07, 6.45) is 3.84. The van der Waals surface area contributed by atoms with Crippen LogP contribution in [0.15, 0.2) is 16.5 Å². The minimum atomic E-state index is -3.10. The van der Waals surface area contributed by atoms with E-state index in [2.05, 4.69) is 0 Å². The maximum atomic E-state index is 12.2. The van der Waals surface area contributed by atoms with Gasteiger partial charge in [-0.1, -0.05) is 6.92 Å². The lowest BCUT2D eigenvalue weighted by Gasteiger charge is -2.23. The van der Waals surface area contributed by atoms with Crippen molar-refractivity contribution in [3.63, 3.8) is 0 Å². The number of hydrogen-bond donors (Lipinski definition) is 0. The van der Waals surface area contributed by atoms with Crippen LogP contribution in [0, 0.1) is 0 Å². The van der Waals surface area contributed by atoms with Crippen LogP contribution in [0.5, 0.6) is 0 Å². The molecule has 0 N–H and O–H groups in total. The summed E-state index contributed by atoms with van der Waals surface area (Å²) in [5.74, 6) is 1.53. The summed E-state index contributed by atoms with van der Waals surface area (Å²) in [6, 6.07) is 3.82. The summed E-state index contributed by atoms with van der Waals surface area (Å²) in [5.41, 5.74) is 0. The molecule has 0 spiro atoms. The van der Waals surface area contributed by atoms with E-state index in [9.17, 15) is 13.2 Å². The van der Waals surface area contributed by atoms with Gasteiger partial charge < -0.3 is 9.32 Å². The Balaban J connectivity index is 2.05. The molecule has 5 nitrogen and oxygen atoms in total. The van der Waals surface area contributed by atoms with Crippen molar-refractivity contribution < 1.29 is 17.6 Å². The van der Waals surface area contributed by atoms with Crippen molar-refractivity contribution in [1.82, 2.24) is 4.90 Å². The number of carbonyl (C=O) groups is 1. The largest absolute Gasteiger partial charge is 0.464 e. The third kappa shape index (κ3) is 3.62. The monoisotopic (exact) mass is 299 g/mol. The predicted octanol–water partition coefficient (Wildman–Crippen LogP) is 1.94. The minimum absolute atomic E-state index is 0.0395. The number of rotatable bonds is 5. The molecule has 1 fully saturated rings. The van der Waals surface area contributed by atoms with Crippen molar-refractivity contribution in [1.29, 1.82) is 0 Å². The van der Waals surface area contributed by atoms with Gasteiger partial charge in [-0.15, -0.1) is 0 Å². The van der Waals surface area contributed by atoms with E-state index in [4.69, 9.17) is 4.42 Å². The van der Waals surface area contributed by atoms with Crippen LogP contribution in [0.4, 0.5) is 0 Å². The zero-order chi connectivity index (χ0) is 14.8. The van der Waals surface area contributed by atoms with Gasteiger partial charge in [0.1, 0.15) is 21.4 Å². The molecule has 1 aromatic rings. The third-order valence-corrected chi connectivity index (χ3v) is 4.56. The topological polar surface area (TPSA) is 67.6 Å². The number of furan rings is 1. The lowest BCUT2D eigenvalue weighted by molar-refractivity contribution is -0.132. The SMILES string of the molecule is CCc1ccc(C2CCCN2C(=O)CCS(C)(=O)=O)o1. The third-order valence-electron chi connectivity index (χ3n) is 3.62. The average Bonchev–Trinajstić information content (AvgIpc) is 3.02. The van der Waals surface area contributed by atoms with Gasteiger partial charge in [0.15, 0.2) is 0 Å². The van der Waals surface area contributed by atoms with E-state index >= 15 is 0 Å². The Morgan fingerprint density at radius 2 is 2.20 bits per heavy atom. The van der Waals surface area contributed by atoms with Crippen LogP contribution >= 0.6 is 0 Å². The van der Waals surface area contributed by atoms with E-state index < -0.39 is 9.84 Å². The molecule has 0 radical (unpaired) electrons. The number of amides is 1. The van der Waals surface area contributed by atoms with Crippen LogP contribution in [-0.4, -0.2) is 37.8 Å². The first-order chi connectivity index (χ1) is 9.40. The fourth-order valence-electron chi connectivity index (χ4n) is 2.54. The van der Waals surface area contributed by atoms with Crippen molar-refractivity contribution in [2.24, 2.45) is 0 Å². The molecule has 112 valence electrons. The van der Waals surface area contributed by atoms with E-state index in [1.54, 1.807) is 4.90 Å². The summed E-state index contributed by atoms with van der Waals surface area (Å²) in [5, 5.41) is 0. The normalized spacial score (nSPS) is 19.5. The van der Waals surface area contributed by atoms with Gasteiger partial charge in [0.2, 0.25) is 5.91 Å². The second-order valence-electron chi connectivity index (χ2n) is 5.28. The van der Waals surface area contributed by atoms with Crippen LogP contribution in [-0.2, 0) is 21.1 Å². The highest BCUT2D eigenvalue weighted by Gasteiger charge is 2.32. The van der Waals surface area contributed by atoms with Crippen LogP contribution < -0.4 is 0 Å². The average molecular weight is 299 g/mol. The quantitative estimate of drug-likeness (QED) is 0.833. The van der Waals surface area contributed by atoms with Crippen LogP contribution in [0.25, 0.3) is 0 Å². The number of sulfone groups is 1. The summed E-state index contributed by atoms with van der Waals surface area (Å²) in [4.78, 5) is 13.9. The Morgan fingerprint density at radius 3 is 2.80 bits per heavy atom. The summed E-state index contributed by atoms with van der Waals surface area (Å²) in [6.45, 7) is 2.70. The second-order valence-corrected chi connectivity index (χ2v) is 7.54. The van der Waals surface area contributed by atoms with Crippen molar-refractivity contribution in [2.45, 2.75) is 38.6 Å². The molecule has 1 saturated heterocycles. The lowest BCUT2D eigenvalue weighted by Crippen LogP contribution is -2.31. The zero-order valence-electron chi connectivity index (χ0n) is 12.0. The molecular weight excluding hydrogens is 278 g/mol. The Kier molecular flexibility index (Phi) is 4.52. The Labute approximate surface area is 119 Å². The standard InChI is InChI=1S/C14H21NO4S/c1-3-11-6-7-13(19-11)12-5-4-9-15(12)14(16)8-10-20(2,17)18/h6-7,12H,3-5,8-10H2,1-2H3. The molecular formula is C14H21NO4S. The van der Waals surface area contributed by atoms with Crippen LogP contribution in [0.1, 0.15) is 43.7 Å². The van der Waals surface area contributed by atoms with Gasteiger partial charge in [-0.25, -0.2) is 8.42 Å². The first-order valence-electron chi connectivity index (χ1n) is 6.96. The molecule has 1 atom stereocenters. The molecule has 1 amide bonds. The van der Waals surface area contributed by atoms with Gasteiger partial charge in [0.05, 0.1) is 11.8 Å². The molecule has 1 unspecified atom stereocenters. The van der Waals surface area contributed by atoms with Gasteiger partial charge in [-0.2, -0.15) is 0 Å². The van der Waals surface area contributed by atoms with Gasteiger partial charge in [0.25, 0.3) is 0 Å². The van der Waals surface area contributed by atoms with Gasteiger partial charge in [-0.05, 0) is 25.0 Å². The summed E-state index contributed by atoms with van der Waals surface area (Å²) >= 11 is 0. The Hall–Kier alpha value is -1.30. The molecule has 6 heteroatoms. The van der Waals surface area contributed by atoms with E-state index in [1.807, 2.05) is 19.1 Å². The zero-order valence-corrected chi connectivity index (χ0v) is 12.8. The Bertz CT molecular complexity index is 576. The predicted molar refractivity (Wildman–Crippen MR) is 76.1 cm³/mol. The first-order valence-corrected chi connectivity index (χ1v) is 9.02. The molecule has 2 rings (SSSR count). The molecule has 20 heavy (non-hydrogen) atoms. The van der Waals surface area contributed by atoms with Crippen molar-refractivity contribution in [2.75, 3.05) is 18.6 Å². The molecule has 0 aliphatic carbocycles. The number of nitrogens with zero attached hydrogens (tertiary/aromatic N) is 1. The lowest BCUT2D eigenvalue weighted by atomic mass is 10.1. The number of hydrogen-bond acceptors (Lipinski definition) is 4. The van der Waals surface area contributed by atoms with Crippen molar-refractivity contribution >= 4 is 15.7 Å². The van der Waals surface area contributed by atoms with Crippen molar-refractivity contribution in [3.05, 3.63) is 23.7 Å². The summed E-state index contributed by atoms with van der Waals surface area (Å²) in [7, 11) is -3.10. The molecule has 0 aromatic carbocycles. The van der Waals surface area contributed by atoms with E-state index in [1.165, 1.54) is 0 Å². The highest BCUT2D eigenvalue weighted by molar-refractivity contribution is 7.90. The number of carbonyl (C=O) groups excluding carboxylic acids is 1. The highest BCUT2D eigenvalue weighted by atomic mass is 32.2. The maximum absolute atomic E-state index is 12.2. The van der Waals surface area contributed by atoms with Gasteiger partial charge in [-0.3, -0.25) is 4.79 Å². The second kappa shape index (κ2) is 5.99. The molecule has 1 aliphatic heterocycles. The van der Waals surface area contributed by atoms with E-state index in [0.29, 0.717) is 6.54 Å². The highest BCUT2D eigenvalue weighted by Crippen LogP contribution is 2.33. The van der Waals surface area contributed by atoms with Gasteiger partial charge in [0, 0.05) is 25.6 Å². The van der Waals surface area contributed by atoms with Crippen LogP contribution in [0.3, 0.4) is 0 Å². The maximum Gasteiger partial charge on any atom is 0.224 e. The molecule has 1 aliphatic rings. The first kappa shape index (κ1) is 15.1. The molecule has 2 heterocycles. The number of likely N-dealkylation sites (tertiary alicyclic amines) is 1. The van der Waals surface area contributed by atoms with Gasteiger partial charge >= 0.3 is 0 Å². The smallest absolute Gasteiger partial charge is 0.224 e. The molecule has 1 aromatic heterocycles. The number of aryl methyl sites for hydroxylation is 1. The van der Waals surface area contributed by atoms with Crippen LogP contribution in [0.2, 0.25) is 0 Å². The van der Waals surface area contributed by atoms with Crippen molar-refractivity contribution in [3.8, 4) is 0 Å². The fourth-order valence-corrected chi connectivity index (χ4v) is 3.09. The Morgan fingerprint density at radius 1 is 1.45 bits per heavy atom.